The lowest BCUT2D eigenvalue weighted by molar-refractivity contribution is -0.131. The van der Waals surface area contributed by atoms with Crippen LogP contribution in [0.3, 0.4) is 0 Å². The summed E-state index contributed by atoms with van der Waals surface area (Å²) in [7, 11) is 1.62. The van der Waals surface area contributed by atoms with Crippen molar-refractivity contribution >= 4 is 17.2 Å². The van der Waals surface area contributed by atoms with Gasteiger partial charge >= 0.3 is 0 Å². The van der Waals surface area contributed by atoms with Crippen molar-refractivity contribution in [3.05, 3.63) is 63.7 Å². The molecule has 1 fully saturated rings. The van der Waals surface area contributed by atoms with Crippen molar-refractivity contribution in [1.29, 1.82) is 0 Å². The highest BCUT2D eigenvalue weighted by atomic mass is 32.1. The number of hydrogen-bond donors (Lipinski definition) is 1. The number of ether oxygens (including phenoxy) is 1. The van der Waals surface area contributed by atoms with E-state index in [9.17, 15) is 9.59 Å². The maximum absolute atomic E-state index is 12.7. The second-order valence-electron chi connectivity index (χ2n) is 7.04. The molecule has 0 radical (unpaired) electrons. The number of hydrogen-bond acceptors (Lipinski definition) is 6. The summed E-state index contributed by atoms with van der Waals surface area (Å²) < 4.78 is 5.23. The Morgan fingerprint density at radius 2 is 2.14 bits per heavy atom. The number of nitrogens with one attached hydrogen (secondary N) is 1. The molecule has 1 N–H and O–H groups in total. The Morgan fingerprint density at radius 1 is 1.31 bits per heavy atom. The van der Waals surface area contributed by atoms with Crippen molar-refractivity contribution in [3.63, 3.8) is 0 Å². The summed E-state index contributed by atoms with van der Waals surface area (Å²) in [5.41, 5.74) is 1.38. The Hall–Kier alpha value is -3.00. The molecule has 1 aliphatic rings. The van der Waals surface area contributed by atoms with Gasteiger partial charge in [-0.05, 0) is 30.5 Å². The van der Waals surface area contributed by atoms with Gasteiger partial charge in [0.1, 0.15) is 22.3 Å². The quantitative estimate of drug-likeness (QED) is 0.699. The van der Waals surface area contributed by atoms with Crippen LogP contribution in [0.2, 0.25) is 0 Å². The number of thiazole rings is 1. The Bertz CT molecular complexity index is 1040. The second-order valence-corrected chi connectivity index (χ2v) is 7.93. The number of nitrogens with zero attached hydrogens (tertiary/aromatic N) is 3. The highest BCUT2D eigenvalue weighted by molar-refractivity contribution is 7.13. The third-order valence-electron chi connectivity index (χ3n) is 5.14. The van der Waals surface area contributed by atoms with Crippen molar-refractivity contribution in [2.75, 3.05) is 20.2 Å². The standard InChI is InChI=1S/C21H22N4O3S/c1-28-16-4-2-3-14(11-16)12-19(27)25-8-5-15(6-9-25)20-23-17(13-18(26)24-20)21-22-7-10-29-21/h2-4,7,10-11,13,15H,5-6,8-9,12H2,1H3,(H,23,24,26). The van der Waals surface area contributed by atoms with Gasteiger partial charge in [-0.3, -0.25) is 9.59 Å². The number of amides is 1. The van der Waals surface area contributed by atoms with Crippen LogP contribution < -0.4 is 10.3 Å². The monoisotopic (exact) mass is 410 g/mol. The number of aromatic amines is 1. The van der Waals surface area contributed by atoms with Gasteiger partial charge in [0.05, 0.1) is 13.5 Å². The maximum Gasteiger partial charge on any atom is 0.251 e. The van der Waals surface area contributed by atoms with E-state index in [1.807, 2.05) is 34.5 Å². The molecular weight excluding hydrogens is 388 g/mol. The summed E-state index contributed by atoms with van der Waals surface area (Å²) in [6.45, 7) is 1.30. The second kappa shape index (κ2) is 8.57. The van der Waals surface area contributed by atoms with Gasteiger partial charge in [-0.2, -0.15) is 0 Å². The number of carbonyl (C=O) groups is 1. The molecule has 0 unspecified atom stereocenters. The molecule has 0 bridgehead atoms. The first-order valence-electron chi connectivity index (χ1n) is 9.54. The molecule has 1 aliphatic heterocycles. The summed E-state index contributed by atoms with van der Waals surface area (Å²) in [6, 6.07) is 9.07. The highest BCUT2D eigenvalue weighted by Gasteiger charge is 2.26. The predicted octanol–water partition coefficient (Wildman–Crippen LogP) is 2.85. The molecular formula is C21H22N4O3S. The third kappa shape index (κ3) is 4.54. The van der Waals surface area contributed by atoms with Gasteiger partial charge < -0.3 is 14.6 Å². The first kappa shape index (κ1) is 19.3. The molecule has 0 aliphatic carbocycles. The highest BCUT2D eigenvalue weighted by Crippen LogP contribution is 2.27. The molecule has 3 aromatic rings. The molecule has 4 rings (SSSR count). The van der Waals surface area contributed by atoms with Gasteiger partial charge in [-0.15, -0.1) is 11.3 Å². The van der Waals surface area contributed by atoms with Crippen LogP contribution in [0.25, 0.3) is 10.7 Å². The van der Waals surface area contributed by atoms with Crippen LogP contribution in [0.5, 0.6) is 5.75 Å². The van der Waals surface area contributed by atoms with Gasteiger partial charge in [0, 0.05) is 36.7 Å². The van der Waals surface area contributed by atoms with Crippen LogP contribution in [0.4, 0.5) is 0 Å². The van der Waals surface area contributed by atoms with E-state index in [4.69, 9.17) is 4.74 Å². The van der Waals surface area contributed by atoms with Gasteiger partial charge in [0.15, 0.2) is 0 Å². The largest absolute Gasteiger partial charge is 0.497 e. The number of likely N-dealkylation sites (tertiary alicyclic amines) is 1. The van der Waals surface area contributed by atoms with Crippen molar-refractivity contribution in [1.82, 2.24) is 19.9 Å². The number of H-pyrrole nitrogens is 1. The molecule has 3 heterocycles. The van der Waals surface area contributed by atoms with Crippen molar-refractivity contribution < 1.29 is 9.53 Å². The predicted molar refractivity (Wildman–Crippen MR) is 111 cm³/mol. The molecule has 1 amide bonds. The van der Waals surface area contributed by atoms with Crippen LogP contribution in [0.15, 0.2) is 46.7 Å². The lowest BCUT2D eigenvalue weighted by atomic mass is 9.95. The number of aromatic nitrogens is 3. The van der Waals surface area contributed by atoms with Crippen molar-refractivity contribution in [3.8, 4) is 16.5 Å². The lowest BCUT2D eigenvalue weighted by Crippen LogP contribution is -2.39. The maximum atomic E-state index is 12.7. The number of benzene rings is 1. The Balaban J connectivity index is 1.40. The summed E-state index contributed by atoms with van der Waals surface area (Å²) in [6.07, 6.45) is 3.60. The molecule has 0 spiro atoms. The van der Waals surface area contributed by atoms with E-state index in [-0.39, 0.29) is 17.4 Å². The molecule has 7 nitrogen and oxygen atoms in total. The minimum absolute atomic E-state index is 0.106. The average Bonchev–Trinajstić information content (AvgIpc) is 3.28. The van der Waals surface area contributed by atoms with Crippen LogP contribution >= 0.6 is 11.3 Å². The zero-order valence-corrected chi connectivity index (χ0v) is 16.9. The minimum atomic E-state index is -0.170. The summed E-state index contributed by atoms with van der Waals surface area (Å²) in [4.78, 5) is 38.4. The van der Waals surface area contributed by atoms with Crippen molar-refractivity contribution in [2.45, 2.75) is 25.2 Å². The lowest BCUT2D eigenvalue weighted by Gasteiger charge is -2.31. The van der Waals surface area contributed by atoms with Gasteiger partial charge in [0.2, 0.25) is 5.91 Å². The van der Waals surface area contributed by atoms with E-state index in [1.165, 1.54) is 17.4 Å². The third-order valence-corrected chi connectivity index (χ3v) is 5.93. The Labute approximate surface area is 172 Å². The fourth-order valence-corrected chi connectivity index (χ4v) is 4.20. The number of carbonyl (C=O) groups excluding carboxylic acids is 1. The van der Waals surface area contributed by atoms with Crippen molar-refractivity contribution in [2.24, 2.45) is 0 Å². The molecule has 0 atom stereocenters. The van der Waals surface area contributed by atoms with E-state index < -0.39 is 0 Å². The SMILES string of the molecule is COc1cccc(CC(=O)N2CCC(c3nc(-c4nccs4)cc(=O)[nH]3)CC2)c1. The topological polar surface area (TPSA) is 88.2 Å². The summed E-state index contributed by atoms with van der Waals surface area (Å²) >= 11 is 1.46. The minimum Gasteiger partial charge on any atom is -0.497 e. The fraction of sp³-hybridized carbons (Fsp3) is 0.333. The number of methoxy groups -OCH3 is 1. The van der Waals surface area contributed by atoms with Gasteiger partial charge in [-0.1, -0.05) is 12.1 Å². The number of piperidine rings is 1. The van der Waals surface area contributed by atoms with E-state index in [0.29, 0.717) is 31.0 Å². The van der Waals surface area contributed by atoms with E-state index in [1.54, 1.807) is 13.3 Å². The van der Waals surface area contributed by atoms with E-state index in [0.717, 1.165) is 29.2 Å². The first-order chi connectivity index (χ1) is 14.1. The molecule has 150 valence electrons. The zero-order chi connectivity index (χ0) is 20.2. The first-order valence-corrected chi connectivity index (χ1v) is 10.4. The average molecular weight is 410 g/mol. The molecule has 8 heteroatoms. The van der Waals surface area contributed by atoms with Gasteiger partial charge in [-0.25, -0.2) is 9.97 Å². The van der Waals surface area contributed by atoms with Crippen LogP contribution in [0, 0.1) is 0 Å². The number of rotatable bonds is 5. The van der Waals surface area contributed by atoms with E-state index >= 15 is 0 Å². The normalized spacial score (nSPS) is 14.7. The molecule has 1 aromatic carbocycles. The fourth-order valence-electron chi connectivity index (χ4n) is 3.60. The molecule has 1 saturated heterocycles. The van der Waals surface area contributed by atoms with Crippen LogP contribution in [-0.4, -0.2) is 46.0 Å². The Morgan fingerprint density at radius 3 is 2.86 bits per heavy atom. The van der Waals surface area contributed by atoms with Gasteiger partial charge in [0.25, 0.3) is 5.56 Å². The smallest absolute Gasteiger partial charge is 0.251 e. The van der Waals surface area contributed by atoms with E-state index in [2.05, 4.69) is 15.0 Å². The summed E-state index contributed by atoms with van der Waals surface area (Å²) in [5.74, 6) is 1.67. The molecule has 29 heavy (non-hydrogen) atoms. The molecule has 0 saturated carbocycles. The van der Waals surface area contributed by atoms with Crippen LogP contribution in [-0.2, 0) is 11.2 Å². The zero-order valence-electron chi connectivity index (χ0n) is 16.1. The Kier molecular flexibility index (Phi) is 5.71. The summed E-state index contributed by atoms with van der Waals surface area (Å²) in [5, 5.41) is 2.60. The van der Waals surface area contributed by atoms with Crippen LogP contribution in [0.1, 0.15) is 30.1 Å². The molecule has 2 aromatic heterocycles.